The number of allylic oxidation sites excluding steroid dienone is 2. The van der Waals surface area contributed by atoms with Gasteiger partial charge in [-0.1, -0.05) is 57.2 Å². The summed E-state index contributed by atoms with van der Waals surface area (Å²) in [5.41, 5.74) is 4.26. The van der Waals surface area contributed by atoms with E-state index in [0.29, 0.717) is 24.5 Å². The molecule has 0 N–H and O–H groups in total. The maximum Gasteiger partial charge on any atom is 0.192 e. The van der Waals surface area contributed by atoms with Crippen LogP contribution in [0.3, 0.4) is 0 Å². The van der Waals surface area contributed by atoms with E-state index >= 15 is 0 Å². The largest absolute Gasteiger partial charge is 0.493 e. The van der Waals surface area contributed by atoms with Crippen molar-refractivity contribution in [2.24, 2.45) is 5.92 Å². The predicted octanol–water partition coefficient (Wildman–Crippen LogP) is 6.71. The van der Waals surface area contributed by atoms with Crippen LogP contribution in [0.1, 0.15) is 56.4 Å². The lowest BCUT2D eigenvalue weighted by molar-refractivity contribution is -0.114. The third-order valence-electron chi connectivity index (χ3n) is 7.18. The van der Waals surface area contributed by atoms with Crippen LogP contribution in [-0.2, 0) is 15.8 Å². The molecule has 32 heavy (non-hydrogen) atoms. The summed E-state index contributed by atoms with van der Waals surface area (Å²) in [5.74, 6) is 1.74. The van der Waals surface area contributed by atoms with E-state index in [2.05, 4.69) is 39.9 Å². The molecule has 0 aliphatic heterocycles. The molecule has 170 valence electrons. The summed E-state index contributed by atoms with van der Waals surface area (Å²) in [6, 6.07) is 14.2. The average molecular weight is 451 g/mol. The second kappa shape index (κ2) is 8.52. The normalized spacial score (nSPS) is 20.4. The van der Waals surface area contributed by atoms with E-state index in [9.17, 15) is 4.79 Å². The topological polar surface area (TPSA) is 44.8 Å². The molecular formula is C27H34O4Si. The lowest BCUT2D eigenvalue weighted by atomic mass is 9.78. The highest BCUT2D eigenvalue weighted by Gasteiger charge is 2.44. The summed E-state index contributed by atoms with van der Waals surface area (Å²) in [6.45, 7) is 11.8. The van der Waals surface area contributed by atoms with E-state index in [-0.39, 0.29) is 22.8 Å². The van der Waals surface area contributed by atoms with Gasteiger partial charge in [-0.05, 0) is 59.3 Å². The van der Waals surface area contributed by atoms with Gasteiger partial charge in [-0.15, -0.1) is 0 Å². The van der Waals surface area contributed by atoms with E-state index in [1.54, 1.807) is 13.2 Å². The van der Waals surface area contributed by atoms with Crippen LogP contribution in [0.25, 0.3) is 5.57 Å². The third-order valence-corrected chi connectivity index (χ3v) is 11.7. The molecule has 4 nitrogen and oxygen atoms in total. The van der Waals surface area contributed by atoms with E-state index in [0.717, 1.165) is 28.7 Å². The van der Waals surface area contributed by atoms with Gasteiger partial charge in [0, 0.05) is 12.0 Å². The van der Waals surface area contributed by atoms with Crippen molar-refractivity contribution < 1.29 is 18.7 Å². The molecule has 0 saturated heterocycles. The second-order valence-corrected chi connectivity index (χ2v) is 15.2. The van der Waals surface area contributed by atoms with E-state index in [4.69, 9.17) is 13.9 Å². The zero-order chi connectivity index (χ0) is 23.1. The Hall–Kier alpha value is -2.37. The minimum Gasteiger partial charge on any atom is -0.493 e. The summed E-state index contributed by atoms with van der Waals surface area (Å²) >= 11 is 0. The van der Waals surface area contributed by atoms with Gasteiger partial charge in [0.15, 0.2) is 25.6 Å². The molecule has 2 aliphatic carbocycles. The first kappa shape index (κ1) is 22.8. The summed E-state index contributed by atoms with van der Waals surface area (Å²) in [4.78, 5) is 12.4. The molecule has 0 spiro atoms. The molecule has 0 heterocycles. The molecule has 0 fully saturated rings. The Bertz CT molecular complexity index is 1030. The lowest BCUT2D eigenvalue weighted by Gasteiger charge is -2.42. The third kappa shape index (κ3) is 4.28. The molecule has 0 saturated carbocycles. The Labute approximate surface area is 192 Å². The van der Waals surface area contributed by atoms with Crippen LogP contribution in [0.5, 0.6) is 11.5 Å². The van der Waals surface area contributed by atoms with E-state index < -0.39 is 8.32 Å². The molecule has 2 aromatic rings. The Balaban J connectivity index is 1.78. The van der Waals surface area contributed by atoms with Crippen LogP contribution in [0.2, 0.25) is 18.1 Å². The minimum absolute atomic E-state index is 0.0519. The van der Waals surface area contributed by atoms with Gasteiger partial charge in [-0.3, -0.25) is 4.79 Å². The molecule has 2 aliphatic rings. The van der Waals surface area contributed by atoms with Crippen molar-refractivity contribution >= 4 is 19.7 Å². The van der Waals surface area contributed by atoms with Gasteiger partial charge >= 0.3 is 0 Å². The molecular weight excluding hydrogens is 416 g/mol. The highest BCUT2D eigenvalue weighted by Crippen LogP contribution is 2.54. The maximum atomic E-state index is 12.4. The zero-order valence-electron chi connectivity index (χ0n) is 20.0. The number of fused-ring (bicyclic) bond motifs is 3. The maximum absolute atomic E-state index is 12.4. The lowest BCUT2D eigenvalue weighted by Crippen LogP contribution is -2.42. The van der Waals surface area contributed by atoms with Crippen LogP contribution in [0, 0.1) is 5.92 Å². The number of ketones is 1. The SMILES string of the molecule is COc1ccc2c(c1OCc1ccccc1)C1=CC(=O)C[C@H]1C[C@@H]2O[Si](C)(C)C(C)(C)C. The first-order valence-electron chi connectivity index (χ1n) is 11.4. The first-order chi connectivity index (χ1) is 15.1. The number of rotatable bonds is 6. The molecule has 0 amide bonds. The average Bonchev–Trinajstić information content (AvgIpc) is 3.11. The van der Waals surface area contributed by atoms with Crippen LogP contribution in [0.15, 0.2) is 48.5 Å². The van der Waals surface area contributed by atoms with Gasteiger partial charge in [0.25, 0.3) is 0 Å². The van der Waals surface area contributed by atoms with E-state index in [1.807, 2.05) is 36.4 Å². The zero-order valence-corrected chi connectivity index (χ0v) is 21.0. The fourth-order valence-corrected chi connectivity index (χ4v) is 5.69. The molecule has 0 radical (unpaired) electrons. The van der Waals surface area contributed by atoms with Gasteiger partial charge < -0.3 is 13.9 Å². The summed E-state index contributed by atoms with van der Waals surface area (Å²) < 4.78 is 19.0. The molecule has 4 rings (SSSR count). The number of hydrogen-bond donors (Lipinski definition) is 0. The van der Waals surface area contributed by atoms with Crippen molar-refractivity contribution in [2.75, 3.05) is 7.11 Å². The first-order valence-corrected chi connectivity index (χ1v) is 14.3. The number of carbonyl (C=O) groups is 1. The fourth-order valence-electron chi connectivity index (χ4n) is 4.40. The summed E-state index contributed by atoms with van der Waals surface area (Å²) in [7, 11) is -0.347. The van der Waals surface area contributed by atoms with Crippen LogP contribution in [-0.4, -0.2) is 21.2 Å². The van der Waals surface area contributed by atoms with Crippen molar-refractivity contribution in [3.63, 3.8) is 0 Å². The fraction of sp³-hybridized carbons (Fsp3) is 0.444. The van der Waals surface area contributed by atoms with Crippen molar-refractivity contribution in [3.05, 3.63) is 65.2 Å². The standard InChI is InChI=1S/C27H34O4Si/c1-27(2,3)32(5,6)31-24-15-19-14-20(28)16-22(19)25-21(24)12-13-23(29-4)26(25)30-17-18-10-8-7-9-11-18/h7-13,16,19,24H,14-15,17H2,1-6H3/t19-,24-/m0/s1. The quantitative estimate of drug-likeness (QED) is 0.459. The van der Waals surface area contributed by atoms with Gasteiger partial charge in [0.2, 0.25) is 0 Å². The van der Waals surface area contributed by atoms with Crippen molar-refractivity contribution in [3.8, 4) is 11.5 Å². The van der Waals surface area contributed by atoms with Crippen molar-refractivity contribution in [1.82, 2.24) is 0 Å². The smallest absolute Gasteiger partial charge is 0.192 e. The van der Waals surface area contributed by atoms with Crippen LogP contribution in [0.4, 0.5) is 0 Å². The molecule has 2 aromatic carbocycles. The molecule has 0 bridgehead atoms. The number of hydrogen-bond acceptors (Lipinski definition) is 4. The Kier molecular flexibility index (Phi) is 6.08. The van der Waals surface area contributed by atoms with E-state index in [1.165, 1.54) is 0 Å². The van der Waals surface area contributed by atoms with Crippen molar-refractivity contribution in [2.45, 2.75) is 64.5 Å². The van der Waals surface area contributed by atoms with Gasteiger partial charge in [0.1, 0.15) is 6.61 Å². The van der Waals surface area contributed by atoms with Gasteiger partial charge in [-0.25, -0.2) is 0 Å². The highest BCUT2D eigenvalue weighted by atomic mass is 28.4. The molecule has 0 aromatic heterocycles. The minimum atomic E-state index is -2.01. The molecule has 0 unspecified atom stereocenters. The predicted molar refractivity (Wildman–Crippen MR) is 130 cm³/mol. The van der Waals surface area contributed by atoms with Crippen LogP contribution < -0.4 is 9.47 Å². The second-order valence-electron chi connectivity index (χ2n) is 10.4. The van der Waals surface area contributed by atoms with Gasteiger partial charge in [-0.2, -0.15) is 0 Å². The molecule has 2 atom stereocenters. The Morgan fingerprint density at radius 2 is 1.78 bits per heavy atom. The Morgan fingerprint density at radius 3 is 2.44 bits per heavy atom. The number of carbonyl (C=O) groups excluding carboxylic acids is 1. The van der Waals surface area contributed by atoms with Crippen molar-refractivity contribution in [1.29, 1.82) is 0 Å². The highest BCUT2D eigenvalue weighted by molar-refractivity contribution is 6.74. The Morgan fingerprint density at radius 1 is 1.06 bits per heavy atom. The van der Waals surface area contributed by atoms with Crippen LogP contribution >= 0.6 is 0 Å². The monoisotopic (exact) mass is 450 g/mol. The molecule has 5 heteroatoms. The number of methoxy groups -OCH3 is 1. The van der Waals surface area contributed by atoms with Gasteiger partial charge in [0.05, 0.1) is 13.2 Å². The number of ether oxygens (including phenoxy) is 2. The number of benzene rings is 2. The summed E-state index contributed by atoms with van der Waals surface area (Å²) in [5, 5.41) is 0.105. The summed E-state index contributed by atoms with van der Waals surface area (Å²) in [6.07, 6.45) is 3.13.